The van der Waals surface area contributed by atoms with Crippen LogP contribution in [0, 0.1) is 5.92 Å². The zero-order valence-electron chi connectivity index (χ0n) is 18.0. The average molecular weight is 422 g/mol. The normalized spacial score (nSPS) is 10.8. The van der Waals surface area contributed by atoms with Crippen molar-refractivity contribution in [3.63, 3.8) is 0 Å². The highest BCUT2D eigenvalue weighted by Gasteiger charge is 2.19. The molecule has 3 rings (SSSR count). The molecule has 0 aliphatic carbocycles. The minimum absolute atomic E-state index is 0.0316. The van der Waals surface area contributed by atoms with Crippen molar-refractivity contribution in [2.24, 2.45) is 5.92 Å². The van der Waals surface area contributed by atoms with Crippen molar-refractivity contribution in [3.8, 4) is 5.69 Å². The molecule has 3 aromatic rings. The smallest absolute Gasteiger partial charge is 0.257 e. The van der Waals surface area contributed by atoms with Crippen LogP contribution in [-0.2, 0) is 13.1 Å². The molecule has 2 amide bonds. The van der Waals surface area contributed by atoms with E-state index < -0.39 is 17.2 Å². The molecule has 31 heavy (non-hydrogen) atoms. The Kier molecular flexibility index (Phi) is 7.02. The third kappa shape index (κ3) is 5.48. The number of nitrogens with zero attached hydrogens (tertiary/aromatic N) is 3. The maximum Gasteiger partial charge on any atom is 0.257 e. The topological polar surface area (TPSA) is 98.0 Å². The van der Waals surface area contributed by atoms with Crippen molar-refractivity contribution < 1.29 is 9.59 Å². The van der Waals surface area contributed by atoms with Gasteiger partial charge in [-0.05, 0) is 36.6 Å². The largest absolute Gasteiger partial charge is 0.352 e. The van der Waals surface area contributed by atoms with Gasteiger partial charge in [-0.2, -0.15) is 5.10 Å². The number of hydrogen-bond donors (Lipinski definition) is 2. The molecule has 0 unspecified atom stereocenters. The van der Waals surface area contributed by atoms with Gasteiger partial charge in [-0.1, -0.05) is 26.0 Å². The maximum atomic E-state index is 12.8. The van der Waals surface area contributed by atoms with Crippen LogP contribution in [0.5, 0.6) is 0 Å². The van der Waals surface area contributed by atoms with Crippen molar-refractivity contribution >= 4 is 11.8 Å². The van der Waals surface area contributed by atoms with E-state index in [2.05, 4.69) is 15.7 Å². The number of pyridine rings is 1. The van der Waals surface area contributed by atoms with Crippen LogP contribution >= 0.6 is 0 Å². The van der Waals surface area contributed by atoms with Crippen LogP contribution in [0.4, 0.5) is 0 Å². The molecule has 0 saturated heterocycles. The molecule has 2 aromatic heterocycles. The fraction of sp³-hybridized carbons (Fsp3) is 0.304. The van der Waals surface area contributed by atoms with Gasteiger partial charge in [0.1, 0.15) is 11.1 Å². The predicted molar refractivity (Wildman–Crippen MR) is 118 cm³/mol. The molecule has 2 heterocycles. The summed E-state index contributed by atoms with van der Waals surface area (Å²) in [5.41, 5.74) is 1.08. The first-order valence-corrected chi connectivity index (χ1v) is 10.3. The van der Waals surface area contributed by atoms with Crippen LogP contribution in [0.2, 0.25) is 0 Å². The molecule has 8 nitrogen and oxygen atoms in total. The summed E-state index contributed by atoms with van der Waals surface area (Å²) < 4.78 is 3.45. The summed E-state index contributed by atoms with van der Waals surface area (Å²) >= 11 is 0. The molecule has 0 spiro atoms. The zero-order valence-corrected chi connectivity index (χ0v) is 18.0. The maximum absolute atomic E-state index is 12.8. The molecular weight excluding hydrogens is 394 g/mol. The molecular formula is C23H27N5O3. The lowest BCUT2D eigenvalue weighted by Crippen LogP contribution is -2.35. The second kappa shape index (κ2) is 9.88. The van der Waals surface area contributed by atoms with Crippen LogP contribution in [-0.4, -0.2) is 32.7 Å². The predicted octanol–water partition coefficient (Wildman–Crippen LogP) is 2.37. The van der Waals surface area contributed by atoms with E-state index in [-0.39, 0.29) is 23.6 Å². The van der Waals surface area contributed by atoms with Gasteiger partial charge in [0.2, 0.25) is 5.43 Å². The Hall–Kier alpha value is -3.68. The highest BCUT2D eigenvalue weighted by Crippen LogP contribution is 2.10. The lowest BCUT2D eigenvalue weighted by atomic mass is 10.1. The molecule has 2 N–H and O–H groups in total. The Morgan fingerprint density at radius 1 is 1.06 bits per heavy atom. The van der Waals surface area contributed by atoms with Gasteiger partial charge in [-0.15, -0.1) is 0 Å². The minimum atomic E-state index is -0.575. The molecule has 0 radical (unpaired) electrons. The average Bonchev–Trinajstić information content (AvgIpc) is 3.28. The van der Waals surface area contributed by atoms with Crippen molar-refractivity contribution in [1.29, 1.82) is 0 Å². The first-order valence-electron chi connectivity index (χ1n) is 10.3. The van der Waals surface area contributed by atoms with Crippen molar-refractivity contribution in [2.45, 2.75) is 33.9 Å². The summed E-state index contributed by atoms with van der Waals surface area (Å²) in [4.78, 5) is 38.0. The van der Waals surface area contributed by atoms with E-state index in [1.54, 1.807) is 22.4 Å². The Morgan fingerprint density at radius 2 is 1.77 bits per heavy atom. The van der Waals surface area contributed by atoms with Gasteiger partial charge in [-0.25, -0.2) is 4.68 Å². The summed E-state index contributed by atoms with van der Waals surface area (Å²) in [6, 6.07) is 9.42. The first kappa shape index (κ1) is 22.0. The standard InChI is InChI=1S/C23H27N5O3/c1-4-24-22(30)19-14-27(13-16(2)3)15-20(21(19)29)23(31)25-12-17-7-5-8-18(11-17)28-10-6-9-26-28/h5-11,14-16H,4,12-13H2,1-3H3,(H,24,30)(H,25,31). The lowest BCUT2D eigenvalue weighted by Gasteiger charge is -2.14. The number of rotatable bonds is 8. The van der Waals surface area contributed by atoms with E-state index >= 15 is 0 Å². The van der Waals surface area contributed by atoms with Gasteiger partial charge in [0.05, 0.1) is 5.69 Å². The summed E-state index contributed by atoms with van der Waals surface area (Å²) in [5.74, 6) is -0.713. The minimum Gasteiger partial charge on any atom is -0.352 e. The molecule has 0 aliphatic heterocycles. The van der Waals surface area contributed by atoms with Crippen molar-refractivity contribution in [3.05, 3.63) is 82.0 Å². The molecule has 8 heteroatoms. The second-order valence-corrected chi connectivity index (χ2v) is 7.67. The van der Waals surface area contributed by atoms with Crippen LogP contribution in [0.1, 0.15) is 47.1 Å². The van der Waals surface area contributed by atoms with Crippen molar-refractivity contribution in [2.75, 3.05) is 6.54 Å². The van der Waals surface area contributed by atoms with Gasteiger partial charge in [0, 0.05) is 44.4 Å². The molecule has 0 fully saturated rings. The Labute approximate surface area is 180 Å². The summed E-state index contributed by atoms with van der Waals surface area (Å²) in [5, 5.41) is 9.63. The summed E-state index contributed by atoms with van der Waals surface area (Å²) in [7, 11) is 0. The number of nitrogens with one attached hydrogen (secondary N) is 2. The monoisotopic (exact) mass is 421 g/mol. The molecule has 0 atom stereocenters. The fourth-order valence-corrected chi connectivity index (χ4v) is 3.25. The van der Waals surface area contributed by atoms with Gasteiger partial charge in [0.15, 0.2) is 0 Å². The third-order valence-corrected chi connectivity index (χ3v) is 4.61. The number of amides is 2. The number of carbonyl (C=O) groups is 2. The van der Waals surface area contributed by atoms with E-state index in [4.69, 9.17) is 0 Å². The number of aromatic nitrogens is 3. The van der Waals surface area contributed by atoms with Crippen LogP contribution in [0.3, 0.4) is 0 Å². The van der Waals surface area contributed by atoms with E-state index in [0.717, 1.165) is 11.3 Å². The highest BCUT2D eigenvalue weighted by molar-refractivity contribution is 5.99. The van der Waals surface area contributed by atoms with E-state index in [1.165, 1.54) is 12.4 Å². The first-order chi connectivity index (χ1) is 14.9. The fourth-order valence-electron chi connectivity index (χ4n) is 3.25. The van der Waals surface area contributed by atoms with Crippen LogP contribution in [0.15, 0.2) is 59.9 Å². The summed E-state index contributed by atoms with van der Waals surface area (Å²) in [6.45, 7) is 7.04. The SMILES string of the molecule is CCNC(=O)c1cn(CC(C)C)cc(C(=O)NCc2cccc(-n3cccn3)c2)c1=O. The van der Waals surface area contributed by atoms with Gasteiger partial charge in [0.25, 0.3) is 11.8 Å². The van der Waals surface area contributed by atoms with Crippen LogP contribution in [0.25, 0.3) is 5.69 Å². The Balaban J connectivity index is 1.83. The third-order valence-electron chi connectivity index (χ3n) is 4.61. The Bertz CT molecular complexity index is 1120. The summed E-state index contributed by atoms with van der Waals surface area (Å²) in [6.07, 6.45) is 6.55. The molecule has 0 aliphatic rings. The Morgan fingerprint density at radius 3 is 2.39 bits per heavy atom. The van der Waals surface area contributed by atoms with E-state index in [0.29, 0.717) is 13.1 Å². The van der Waals surface area contributed by atoms with Crippen LogP contribution < -0.4 is 16.1 Å². The van der Waals surface area contributed by atoms with Crippen molar-refractivity contribution in [1.82, 2.24) is 25.0 Å². The lowest BCUT2D eigenvalue weighted by molar-refractivity contribution is 0.0948. The number of hydrogen-bond acceptors (Lipinski definition) is 4. The molecule has 1 aromatic carbocycles. The quantitative estimate of drug-likeness (QED) is 0.583. The van der Waals surface area contributed by atoms with Gasteiger partial charge in [-0.3, -0.25) is 14.4 Å². The number of carbonyl (C=O) groups excluding carboxylic acids is 2. The number of benzene rings is 1. The zero-order chi connectivity index (χ0) is 22.4. The highest BCUT2D eigenvalue weighted by atomic mass is 16.2. The van der Waals surface area contributed by atoms with E-state index in [1.807, 2.05) is 50.4 Å². The molecule has 0 saturated carbocycles. The molecule has 162 valence electrons. The second-order valence-electron chi connectivity index (χ2n) is 7.67. The molecule has 0 bridgehead atoms. The van der Waals surface area contributed by atoms with E-state index in [9.17, 15) is 14.4 Å². The van der Waals surface area contributed by atoms with Gasteiger partial charge >= 0.3 is 0 Å². The van der Waals surface area contributed by atoms with Gasteiger partial charge < -0.3 is 15.2 Å².